The van der Waals surface area contributed by atoms with Crippen molar-refractivity contribution in [1.82, 2.24) is 4.98 Å². The number of benzene rings is 1. The van der Waals surface area contributed by atoms with Crippen molar-refractivity contribution in [3.63, 3.8) is 0 Å². The molecule has 0 aliphatic rings. The maximum absolute atomic E-state index is 9.00. The molecular weight excluding hydrogens is 236 g/mol. The molecule has 0 fully saturated rings. The Balaban J connectivity index is 2.46. The predicted molar refractivity (Wildman–Crippen MR) is 77.2 cm³/mol. The molecule has 0 saturated carbocycles. The zero-order chi connectivity index (χ0) is 13.8. The van der Waals surface area contributed by atoms with Crippen molar-refractivity contribution < 1.29 is 0 Å². The van der Waals surface area contributed by atoms with Crippen LogP contribution in [0.25, 0.3) is 0 Å². The second-order valence-corrected chi connectivity index (χ2v) is 4.30. The van der Waals surface area contributed by atoms with Gasteiger partial charge >= 0.3 is 0 Å². The zero-order valence-corrected chi connectivity index (χ0v) is 11.1. The van der Waals surface area contributed by atoms with E-state index >= 15 is 0 Å². The van der Waals surface area contributed by atoms with Crippen LogP contribution in [0.5, 0.6) is 0 Å². The molecule has 2 aromatic rings. The van der Waals surface area contributed by atoms with Crippen LogP contribution in [0.1, 0.15) is 18.2 Å². The summed E-state index contributed by atoms with van der Waals surface area (Å²) in [5.41, 5.74) is 8.62. The van der Waals surface area contributed by atoms with E-state index in [-0.39, 0.29) is 5.69 Å². The molecule has 19 heavy (non-hydrogen) atoms. The van der Waals surface area contributed by atoms with Crippen LogP contribution >= 0.6 is 0 Å². The highest BCUT2D eigenvalue weighted by Gasteiger charge is 2.10. The van der Waals surface area contributed by atoms with Gasteiger partial charge in [-0.3, -0.25) is 0 Å². The van der Waals surface area contributed by atoms with Gasteiger partial charge in [-0.2, -0.15) is 5.26 Å². The molecule has 2 N–H and O–H groups in total. The Labute approximate surface area is 113 Å². The van der Waals surface area contributed by atoms with E-state index in [9.17, 15) is 0 Å². The minimum absolute atomic E-state index is 0.267. The summed E-state index contributed by atoms with van der Waals surface area (Å²) in [7, 11) is 0. The highest BCUT2D eigenvalue weighted by atomic mass is 15.2. The van der Waals surface area contributed by atoms with Gasteiger partial charge in [-0.1, -0.05) is 12.1 Å². The number of nitrogens with two attached hydrogens (primary N) is 1. The number of anilines is 3. The average Bonchev–Trinajstić information content (AvgIpc) is 2.41. The standard InChI is InChI=1S/C15H16N4/c1-3-19(12-6-4-5-11(2)9-12)15-8-7-13(17)14(10-16)18-15/h4-9H,3,17H2,1-2H3. The number of pyridine rings is 1. The van der Waals surface area contributed by atoms with E-state index < -0.39 is 0 Å². The van der Waals surface area contributed by atoms with Crippen LogP contribution in [0.3, 0.4) is 0 Å². The molecule has 4 nitrogen and oxygen atoms in total. The van der Waals surface area contributed by atoms with E-state index in [4.69, 9.17) is 11.0 Å². The molecule has 0 saturated heterocycles. The van der Waals surface area contributed by atoms with Crippen LogP contribution in [0.2, 0.25) is 0 Å². The lowest BCUT2D eigenvalue weighted by Gasteiger charge is -2.22. The first-order valence-corrected chi connectivity index (χ1v) is 6.16. The average molecular weight is 252 g/mol. The molecule has 0 aliphatic carbocycles. The molecule has 1 heterocycles. The van der Waals surface area contributed by atoms with Crippen LogP contribution in [-0.4, -0.2) is 11.5 Å². The zero-order valence-electron chi connectivity index (χ0n) is 11.1. The van der Waals surface area contributed by atoms with Gasteiger partial charge in [0.25, 0.3) is 0 Å². The third-order valence-electron chi connectivity index (χ3n) is 2.92. The molecular formula is C15H16N4. The molecule has 0 aliphatic heterocycles. The first-order valence-electron chi connectivity index (χ1n) is 6.16. The van der Waals surface area contributed by atoms with Gasteiger partial charge in [-0.15, -0.1) is 0 Å². The largest absolute Gasteiger partial charge is 0.396 e. The summed E-state index contributed by atoms with van der Waals surface area (Å²) < 4.78 is 0. The Bertz CT molecular complexity index is 628. The fraction of sp³-hybridized carbons (Fsp3) is 0.200. The van der Waals surface area contributed by atoms with Crippen molar-refractivity contribution in [2.24, 2.45) is 0 Å². The summed E-state index contributed by atoms with van der Waals surface area (Å²) in [4.78, 5) is 6.36. The van der Waals surface area contributed by atoms with Gasteiger partial charge in [0.05, 0.1) is 5.69 Å². The number of aryl methyl sites for hydroxylation is 1. The Kier molecular flexibility index (Phi) is 3.67. The number of aromatic nitrogens is 1. The van der Waals surface area contributed by atoms with Crippen molar-refractivity contribution in [1.29, 1.82) is 5.26 Å². The lowest BCUT2D eigenvalue weighted by molar-refractivity contribution is 0.985. The minimum Gasteiger partial charge on any atom is -0.396 e. The maximum Gasteiger partial charge on any atom is 0.165 e. The lowest BCUT2D eigenvalue weighted by Crippen LogP contribution is -2.18. The van der Waals surface area contributed by atoms with Crippen molar-refractivity contribution in [3.05, 3.63) is 47.7 Å². The second kappa shape index (κ2) is 5.40. The molecule has 0 atom stereocenters. The maximum atomic E-state index is 9.00. The lowest BCUT2D eigenvalue weighted by atomic mass is 10.2. The van der Waals surface area contributed by atoms with E-state index in [2.05, 4.69) is 24.0 Å². The molecule has 1 aromatic heterocycles. The topological polar surface area (TPSA) is 65.9 Å². The number of hydrogen-bond acceptors (Lipinski definition) is 4. The fourth-order valence-electron chi connectivity index (χ4n) is 1.97. The molecule has 2 rings (SSSR count). The number of nitrogen functional groups attached to an aromatic ring is 1. The van der Waals surface area contributed by atoms with Gasteiger partial charge in [0.1, 0.15) is 11.9 Å². The van der Waals surface area contributed by atoms with E-state index in [1.807, 2.05) is 36.1 Å². The third kappa shape index (κ3) is 2.66. The third-order valence-corrected chi connectivity index (χ3v) is 2.92. The van der Waals surface area contributed by atoms with Crippen molar-refractivity contribution in [2.45, 2.75) is 13.8 Å². The van der Waals surface area contributed by atoms with Crippen LogP contribution < -0.4 is 10.6 Å². The van der Waals surface area contributed by atoms with Crippen molar-refractivity contribution >= 4 is 17.2 Å². The Morgan fingerprint density at radius 3 is 2.74 bits per heavy atom. The molecule has 4 heteroatoms. The second-order valence-electron chi connectivity index (χ2n) is 4.30. The highest BCUT2D eigenvalue weighted by Crippen LogP contribution is 2.25. The van der Waals surface area contributed by atoms with Gasteiger partial charge in [0.2, 0.25) is 0 Å². The smallest absolute Gasteiger partial charge is 0.165 e. The van der Waals surface area contributed by atoms with Crippen LogP contribution in [0, 0.1) is 18.3 Å². The molecule has 0 bridgehead atoms. The fourth-order valence-corrected chi connectivity index (χ4v) is 1.97. The van der Waals surface area contributed by atoms with E-state index in [1.54, 1.807) is 6.07 Å². The van der Waals surface area contributed by atoms with Crippen molar-refractivity contribution in [3.8, 4) is 6.07 Å². The molecule has 0 spiro atoms. The van der Waals surface area contributed by atoms with Crippen LogP contribution in [0.4, 0.5) is 17.2 Å². The number of nitriles is 1. The SMILES string of the molecule is CCN(c1cccc(C)c1)c1ccc(N)c(C#N)n1. The molecule has 0 amide bonds. The van der Waals surface area contributed by atoms with Crippen LogP contribution in [0.15, 0.2) is 36.4 Å². The Morgan fingerprint density at radius 1 is 1.32 bits per heavy atom. The number of nitrogens with zero attached hydrogens (tertiary/aromatic N) is 3. The van der Waals surface area contributed by atoms with Gasteiger partial charge in [-0.25, -0.2) is 4.98 Å². The summed E-state index contributed by atoms with van der Waals surface area (Å²) in [5, 5.41) is 9.00. The summed E-state index contributed by atoms with van der Waals surface area (Å²) >= 11 is 0. The summed E-state index contributed by atoms with van der Waals surface area (Å²) in [6.45, 7) is 4.87. The van der Waals surface area contributed by atoms with Crippen LogP contribution in [-0.2, 0) is 0 Å². The Hall–Kier alpha value is -2.54. The first-order chi connectivity index (χ1) is 9.15. The predicted octanol–water partition coefficient (Wildman–Crippen LogP) is 3.00. The molecule has 1 aromatic carbocycles. The monoisotopic (exact) mass is 252 g/mol. The molecule has 96 valence electrons. The normalized spacial score (nSPS) is 9.95. The summed E-state index contributed by atoms with van der Waals surface area (Å²) in [6, 6.07) is 13.8. The summed E-state index contributed by atoms with van der Waals surface area (Å²) in [5.74, 6) is 0.735. The highest BCUT2D eigenvalue weighted by molar-refractivity contribution is 5.64. The quantitative estimate of drug-likeness (QED) is 0.911. The molecule has 0 unspecified atom stereocenters. The first kappa shape index (κ1) is 12.9. The van der Waals surface area contributed by atoms with E-state index in [0.717, 1.165) is 18.1 Å². The van der Waals surface area contributed by atoms with E-state index in [1.165, 1.54) is 5.56 Å². The number of hydrogen-bond donors (Lipinski definition) is 1. The van der Waals surface area contributed by atoms with Gasteiger partial charge < -0.3 is 10.6 Å². The summed E-state index contributed by atoms with van der Waals surface area (Å²) in [6.07, 6.45) is 0. The van der Waals surface area contributed by atoms with Gasteiger partial charge in [0.15, 0.2) is 5.69 Å². The molecule has 0 radical (unpaired) electrons. The van der Waals surface area contributed by atoms with E-state index in [0.29, 0.717) is 5.69 Å². The number of rotatable bonds is 3. The van der Waals surface area contributed by atoms with Gasteiger partial charge in [0, 0.05) is 12.2 Å². The van der Waals surface area contributed by atoms with Gasteiger partial charge in [-0.05, 0) is 43.7 Å². The Morgan fingerprint density at radius 2 is 2.11 bits per heavy atom. The van der Waals surface area contributed by atoms with Crippen molar-refractivity contribution in [2.75, 3.05) is 17.2 Å². The minimum atomic E-state index is 0.267.